The number of nitrogens with zero attached hydrogens (tertiary/aromatic N) is 4. The molecular weight excluding hydrogens is 401 g/mol. The van der Waals surface area contributed by atoms with E-state index in [0.717, 1.165) is 5.56 Å². The molecule has 9 nitrogen and oxygen atoms in total. The van der Waals surface area contributed by atoms with Gasteiger partial charge in [0.05, 0.1) is 0 Å². The molecule has 1 atom stereocenters. The van der Waals surface area contributed by atoms with Crippen molar-refractivity contribution in [2.75, 3.05) is 5.32 Å². The highest BCUT2D eigenvalue weighted by molar-refractivity contribution is 5.97. The number of benzene rings is 2. The van der Waals surface area contributed by atoms with Crippen LogP contribution in [-0.4, -0.2) is 38.2 Å². The molecule has 0 aliphatic carbocycles. The van der Waals surface area contributed by atoms with Gasteiger partial charge in [-0.25, -0.2) is 9.18 Å². The molecule has 162 valence electrons. The summed E-state index contributed by atoms with van der Waals surface area (Å²) in [5.74, 6) is -0.730. The second-order valence-electron chi connectivity index (χ2n) is 7.33. The second kappa shape index (κ2) is 9.79. The minimum absolute atomic E-state index is 0.106. The van der Waals surface area contributed by atoms with Crippen molar-refractivity contribution in [1.29, 1.82) is 0 Å². The molecule has 0 spiro atoms. The number of anilines is 1. The van der Waals surface area contributed by atoms with Crippen molar-refractivity contribution in [2.24, 2.45) is 5.92 Å². The van der Waals surface area contributed by atoms with Gasteiger partial charge in [-0.2, -0.15) is 4.68 Å². The third-order valence-electron chi connectivity index (χ3n) is 4.60. The van der Waals surface area contributed by atoms with Crippen LogP contribution in [0.2, 0.25) is 0 Å². The molecule has 2 aromatic carbocycles. The van der Waals surface area contributed by atoms with E-state index in [2.05, 4.69) is 31.5 Å². The van der Waals surface area contributed by atoms with Gasteiger partial charge < -0.3 is 16.0 Å². The quantitative estimate of drug-likeness (QED) is 0.538. The molecule has 0 fully saturated rings. The van der Waals surface area contributed by atoms with Crippen LogP contribution in [0.4, 0.5) is 14.9 Å². The predicted octanol–water partition coefficient (Wildman–Crippen LogP) is 2.57. The van der Waals surface area contributed by atoms with Crippen LogP contribution in [0.3, 0.4) is 0 Å². The molecule has 3 amide bonds. The Morgan fingerprint density at radius 1 is 1.13 bits per heavy atom. The third-order valence-corrected chi connectivity index (χ3v) is 4.60. The Morgan fingerprint density at radius 2 is 1.87 bits per heavy atom. The van der Waals surface area contributed by atoms with E-state index >= 15 is 0 Å². The monoisotopic (exact) mass is 425 g/mol. The van der Waals surface area contributed by atoms with Crippen molar-refractivity contribution in [3.05, 3.63) is 65.7 Å². The molecule has 0 saturated heterocycles. The van der Waals surface area contributed by atoms with E-state index in [1.807, 2.05) is 44.2 Å². The maximum Gasteiger partial charge on any atom is 0.315 e. The van der Waals surface area contributed by atoms with Gasteiger partial charge in [0.15, 0.2) is 5.82 Å². The summed E-state index contributed by atoms with van der Waals surface area (Å²) in [6.07, 6.45) is 0. The van der Waals surface area contributed by atoms with Crippen LogP contribution in [-0.2, 0) is 11.3 Å². The van der Waals surface area contributed by atoms with Gasteiger partial charge in [0.2, 0.25) is 5.91 Å². The molecule has 0 radical (unpaired) electrons. The lowest BCUT2D eigenvalue weighted by Gasteiger charge is -2.22. The number of carbonyl (C=O) groups excluding carboxylic acids is 2. The van der Waals surface area contributed by atoms with E-state index in [0.29, 0.717) is 18.1 Å². The average Bonchev–Trinajstić information content (AvgIpc) is 3.18. The fourth-order valence-electron chi connectivity index (χ4n) is 2.93. The Bertz CT molecular complexity index is 1050. The minimum Gasteiger partial charge on any atom is -0.334 e. The molecule has 3 N–H and O–H groups in total. The van der Waals surface area contributed by atoms with Crippen LogP contribution in [0.15, 0.2) is 48.5 Å². The lowest BCUT2D eigenvalue weighted by atomic mass is 10.0. The topological polar surface area (TPSA) is 114 Å². The Balaban J connectivity index is 1.67. The summed E-state index contributed by atoms with van der Waals surface area (Å²) < 4.78 is 15.5. The number of aromatic nitrogens is 4. The smallest absolute Gasteiger partial charge is 0.315 e. The number of tetrazole rings is 1. The number of urea groups is 1. The molecule has 0 bridgehead atoms. The van der Waals surface area contributed by atoms with Crippen LogP contribution in [0.25, 0.3) is 5.69 Å². The standard InChI is InChI=1S/C21H24FN7O2/c1-13(2)19(25-21(31)23-12-15-7-5-4-6-8-15)20(30)24-16-9-10-17(22)18(11-16)29-14(3)26-27-28-29/h4-11,13,19H,12H2,1-3H3,(H,24,30)(H2,23,25,31). The lowest BCUT2D eigenvalue weighted by Crippen LogP contribution is -2.50. The Hall–Kier alpha value is -3.82. The highest BCUT2D eigenvalue weighted by Gasteiger charge is 2.24. The van der Waals surface area contributed by atoms with E-state index in [9.17, 15) is 14.0 Å². The van der Waals surface area contributed by atoms with Crippen LogP contribution >= 0.6 is 0 Å². The summed E-state index contributed by atoms with van der Waals surface area (Å²) in [6, 6.07) is 12.3. The molecule has 0 aliphatic heterocycles. The van der Waals surface area contributed by atoms with Crippen molar-refractivity contribution in [1.82, 2.24) is 30.8 Å². The first-order valence-corrected chi connectivity index (χ1v) is 9.79. The molecule has 1 heterocycles. The summed E-state index contributed by atoms with van der Waals surface area (Å²) in [7, 11) is 0. The highest BCUT2D eigenvalue weighted by atomic mass is 19.1. The van der Waals surface area contributed by atoms with E-state index in [4.69, 9.17) is 0 Å². The number of nitrogens with one attached hydrogen (secondary N) is 3. The van der Waals surface area contributed by atoms with Gasteiger partial charge in [0.25, 0.3) is 0 Å². The van der Waals surface area contributed by atoms with Gasteiger partial charge in [-0.3, -0.25) is 4.79 Å². The first-order valence-electron chi connectivity index (χ1n) is 9.79. The number of halogens is 1. The van der Waals surface area contributed by atoms with Crippen molar-refractivity contribution in [3.8, 4) is 5.69 Å². The number of hydrogen-bond acceptors (Lipinski definition) is 5. The predicted molar refractivity (Wildman–Crippen MR) is 113 cm³/mol. The van der Waals surface area contributed by atoms with E-state index in [1.165, 1.54) is 22.9 Å². The molecule has 10 heteroatoms. The van der Waals surface area contributed by atoms with Crippen molar-refractivity contribution in [2.45, 2.75) is 33.4 Å². The number of amides is 3. The van der Waals surface area contributed by atoms with Crippen molar-refractivity contribution >= 4 is 17.6 Å². The summed E-state index contributed by atoms with van der Waals surface area (Å²) in [5.41, 5.74) is 1.41. The zero-order valence-electron chi connectivity index (χ0n) is 17.5. The molecule has 3 aromatic rings. The third kappa shape index (κ3) is 5.62. The molecule has 3 rings (SSSR count). The van der Waals surface area contributed by atoms with Gasteiger partial charge >= 0.3 is 6.03 Å². The van der Waals surface area contributed by atoms with Gasteiger partial charge in [0.1, 0.15) is 17.5 Å². The Labute approximate surface area is 179 Å². The Kier molecular flexibility index (Phi) is 6.91. The van der Waals surface area contributed by atoms with Crippen molar-refractivity contribution < 1.29 is 14.0 Å². The fraction of sp³-hybridized carbons (Fsp3) is 0.286. The molecular formula is C21H24FN7O2. The first kappa shape index (κ1) is 21.9. The SMILES string of the molecule is Cc1nnnn1-c1cc(NC(=O)C(NC(=O)NCc2ccccc2)C(C)C)ccc1F. The van der Waals surface area contributed by atoms with Gasteiger partial charge in [-0.15, -0.1) is 5.10 Å². The van der Waals surface area contributed by atoms with Gasteiger partial charge in [-0.1, -0.05) is 44.2 Å². The highest BCUT2D eigenvalue weighted by Crippen LogP contribution is 2.19. The summed E-state index contributed by atoms with van der Waals surface area (Å²) in [5, 5.41) is 19.2. The molecule has 31 heavy (non-hydrogen) atoms. The number of carbonyl (C=O) groups is 2. The molecule has 0 saturated carbocycles. The van der Waals surface area contributed by atoms with Crippen LogP contribution in [0.1, 0.15) is 25.2 Å². The van der Waals surface area contributed by atoms with E-state index in [-0.39, 0.29) is 11.6 Å². The van der Waals surface area contributed by atoms with E-state index < -0.39 is 23.8 Å². The zero-order chi connectivity index (χ0) is 22.4. The van der Waals surface area contributed by atoms with Crippen LogP contribution in [0, 0.1) is 18.7 Å². The lowest BCUT2D eigenvalue weighted by molar-refractivity contribution is -0.118. The number of aryl methyl sites for hydroxylation is 1. The number of rotatable bonds is 7. The zero-order valence-corrected chi connectivity index (χ0v) is 17.5. The average molecular weight is 425 g/mol. The summed E-state index contributed by atoms with van der Waals surface area (Å²) >= 11 is 0. The molecule has 1 unspecified atom stereocenters. The first-order chi connectivity index (χ1) is 14.8. The second-order valence-corrected chi connectivity index (χ2v) is 7.33. The molecule has 1 aromatic heterocycles. The maximum absolute atomic E-state index is 14.2. The summed E-state index contributed by atoms with van der Waals surface area (Å²) in [6.45, 7) is 5.62. The molecule has 0 aliphatic rings. The van der Waals surface area contributed by atoms with Crippen LogP contribution < -0.4 is 16.0 Å². The van der Waals surface area contributed by atoms with Crippen molar-refractivity contribution in [3.63, 3.8) is 0 Å². The van der Waals surface area contributed by atoms with Gasteiger partial charge in [0, 0.05) is 12.2 Å². The summed E-state index contributed by atoms with van der Waals surface area (Å²) in [4.78, 5) is 25.1. The van der Waals surface area contributed by atoms with Crippen LogP contribution in [0.5, 0.6) is 0 Å². The normalized spacial score (nSPS) is 11.8. The minimum atomic E-state index is -0.793. The van der Waals surface area contributed by atoms with E-state index in [1.54, 1.807) is 6.92 Å². The Morgan fingerprint density at radius 3 is 2.52 bits per heavy atom. The maximum atomic E-state index is 14.2. The fourth-order valence-corrected chi connectivity index (χ4v) is 2.93. The van der Waals surface area contributed by atoms with Gasteiger partial charge in [-0.05, 0) is 47.0 Å². The number of hydrogen-bond donors (Lipinski definition) is 3. The largest absolute Gasteiger partial charge is 0.334 e.